The van der Waals surface area contributed by atoms with Gasteiger partial charge in [-0.15, -0.1) is 0 Å². The highest BCUT2D eigenvalue weighted by atomic mass is 19.4. The van der Waals surface area contributed by atoms with Gasteiger partial charge < -0.3 is 9.80 Å². The first kappa shape index (κ1) is 19.0. The van der Waals surface area contributed by atoms with E-state index < -0.39 is 11.7 Å². The lowest BCUT2D eigenvalue weighted by atomic mass is 10.1. The zero-order valence-electron chi connectivity index (χ0n) is 15.0. The van der Waals surface area contributed by atoms with E-state index in [0.29, 0.717) is 37.4 Å². The zero-order chi connectivity index (χ0) is 19.4. The molecule has 142 valence electrons. The molecule has 0 N–H and O–H groups in total. The second-order valence-corrected chi connectivity index (χ2v) is 6.54. The monoisotopic (exact) mass is 374 g/mol. The number of hydrogen-bond donors (Lipinski definition) is 0. The van der Waals surface area contributed by atoms with Crippen molar-refractivity contribution in [3.63, 3.8) is 0 Å². The van der Waals surface area contributed by atoms with Crippen LogP contribution in [0.5, 0.6) is 0 Å². The van der Waals surface area contributed by atoms with Gasteiger partial charge in [0.2, 0.25) is 0 Å². The number of anilines is 1. The summed E-state index contributed by atoms with van der Waals surface area (Å²) in [5.41, 5.74) is 1.45. The number of allylic oxidation sites excluding steroid dienone is 2. The standard InChI is InChI=1S/C21H21F3N2O/c1-16(14-20(27)17-6-3-2-4-7-17)25-10-12-26(13-11-25)19-9-5-8-18(15-19)21(22,23)24/h2-9,14-15H,10-13H2,1H3/b16-14-. The molecule has 0 aromatic heterocycles. The van der Waals surface area contributed by atoms with Crippen molar-refractivity contribution in [1.82, 2.24) is 4.90 Å². The molecule has 2 aromatic carbocycles. The summed E-state index contributed by atoms with van der Waals surface area (Å²) in [7, 11) is 0. The van der Waals surface area contributed by atoms with E-state index in [1.165, 1.54) is 12.1 Å². The van der Waals surface area contributed by atoms with E-state index in [-0.39, 0.29) is 5.78 Å². The third-order valence-corrected chi connectivity index (χ3v) is 4.72. The van der Waals surface area contributed by atoms with E-state index in [1.807, 2.05) is 30.0 Å². The summed E-state index contributed by atoms with van der Waals surface area (Å²) in [4.78, 5) is 16.3. The molecule has 1 fully saturated rings. The molecule has 0 amide bonds. The number of carbonyl (C=O) groups excluding carboxylic acids is 1. The van der Waals surface area contributed by atoms with Gasteiger partial charge in [-0.1, -0.05) is 36.4 Å². The minimum Gasteiger partial charge on any atom is -0.371 e. The van der Waals surface area contributed by atoms with Gasteiger partial charge in [-0.2, -0.15) is 13.2 Å². The second-order valence-electron chi connectivity index (χ2n) is 6.54. The van der Waals surface area contributed by atoms with Gasteiger partial charge in [0.25, 0.3) is 0 Å². The van der Waals surface area contributed by atoms with Crippen LogP contribution in [0.4, 0.5) is 18.9 Å². The van der Waals surface area contributed by atoms with Gasteiger partial charge in [0.1, 0.15) is 0 Å². The van der Waals surface area contributed by atoms with Crippen LogP contribution in [-0.4, -0.2) is 36.9 Å². The number of benzene rings is 2. The molecular formula is C21H21F3N2O. The van der Waals surface area contributed by atoms with Crippen molar-refractivity contribution in [2.75, 3.05) is 31.1 Å². The molecule has 0 bridgehead atoms. The smallest absolute Gasteiger partial charge is 0.371 e. The van der Waals surface area contributed by atoms with Crippen molar-refractivity contribution in [2.24, 2.45) is 0 Å². The molecule has 1 saturated heterocycles. The highest BCUT2D eigenvalue weighted by molar-refractivity contribution is 6.04. The Morgan fingerprint density at radius 2 is 1.63 bits per heavy atom. The van der Waals surface area contributed by atoms with E-state index in [9.17, 15) is 18.0 Å². The van der Waals surface area contributed by atoms with Crippen LogP contribution in [0.25, 0.3) is 0 Å². The first-order valence-corrected chi connectivity index (χ1v) is 8.79. The Kier molecular flexibility index (Phi) is 5.54. The molecule has 0 unspecified atom stereocenters. The van der Waals surface area contributed by atoms with Crippen molar-refractivity contribution in [3.05, 3.63) is 77.5 Å². The average Bonchev–Trinajstić information content (AvgIpc) is 2.68. The fourth-order valence-corrected chi connectivity index (χ4v) is 3.16. The molecule has 1 heterocycles. The number of hydrogen-bond acceptors (Lipinski definition) is 3. The number of nitrogens with zero attached hydrogens (tertiary/aromatic N) is 2. The molecule has 2 aromatic rings. The number of ketones is 1. The molecular weight excluding hydrogens is 353 g/mol. The number of halogens is 3. The van der Waals surface area contributed by atoms with Crippen LogP contribution < -0.4 is 4.90 Å². The molecule has 27 heavy (non-hydrogen) atoms. The van der Waals surface area contributed by atoms with Crippen LogP contribution in [0.1, 0.15) is 22.8 Å². The SMILES string of the molecule is C/C(=C/C(=O)c1ccccc1)N1CCN(c2cccc(C(F)(F)F)c2)CC1. The molecule has 1 aliphatic heterocycles. The van der Waals surface area contributed by atoms with Crippen molar-refractivity contribution >= 4 is 11.5 Å². The van der Waals surface area contributed by atoms with Crippen LogP contribution in [0.15, 0.2) is 66.4 Å². The summed E-state index contributed by atoms with van der Waals surface area (Å²) in [6.45, 7) is 4.40. The first-order valence-electron chi connectivity index (χ1n) is 8.79. The molecule has 1 aliphatic rings. The Bertz CT molecular complexity index is 823. The van der Waals surface area contributed by atoms with Crippen LogP contribution in [0.3, 0.4) is 0 Å². The molecule has 0 spiro atoms. The fourth-order valence-electron chi connectivity index (χ4n) is 3.16. The van der Waals surface area contributed by atoms with Gasteiger partial charge in [-0.25, -0.2) is 0 Å². The Labute approximate surface area is 156 Å². The Morgan fingerprint density at radius 3 is 2.26 bits per heavy atom. The predicted octanol–water partition coefficient (Wildman–Crippen LogP) is 4.61. The van der Waals surface area contributed by atoms with Crippen molar-refractivity contribution < 1.29 is 18.0 Å². The highest BCUT2D eigenvalue weighted by Crippen LogP contribution is 2.32. The van der Waals surface area contributed by atoms with Gasteiger partial charge in [-0.05, 0) is 25.1 Å². The third-order valence-electron chi connectivity index (χ3n) is 4.72. The van der Waals surface area contributed by atoms with Crippen molar-refractivity contribution in [3.8, 4) is 0 Å². The van der Waals surface area contributed by atoms with Gasteiger partial charge in [0.05, 0.1) is 5.56 Å². The molecule has 3 nitrogen and oxygen atoms in total. The van der Waals surface area contributed by atoms with E-state index in [2.05, 4.69) is 4.90 Å². The summed E-state index contributed by atoms with van der Waals surface area (Å²) in [5, 5.41) is 0. The predicted molar refractivity (Wildman–Crippen MR) is 99.8 cm³/mol. The average molecular weight is 374 g/mol. The topological polar surface area (TPSA) is 23.6 Å². The summed E-state index contributed by atoms with van der Waals surface area (Å²) < 4.78 is 38.7. The maximum atomic E-state index is 12.9. The van der Waals surface area contributed by atoms with Crippen molar-refractivity contribution in [2.45, 2.75) is 13.1 Å². The van der Waals surface area contributed by atoms with Gasteiger partial charge in [0, 0.05) is 49.2 Å². The number of alkyl halides is 3. The lowest BCUT2D eigenvalue weighted by Crippen LogP contribution is -2.45. The minimum atomic E-state index is -4.34. The quantitative estimate of drug-likeness (QED) is 0.577. The van der Waals surface area contributed by atoms with Crippen LogP contribution in [0, 0.1) is 0 Å². The summed E-state index contributed by atoms with van der Waals surface area (Å²) in [6.07, 6.45) is -2.72. The summed E-state index contributed by atoms with van der Waals surface area (Å²) >= 11 is 0. The lowest BCUT2D eigenvalue weighted by Gasteiger charge is -2.38. The molecule has 6 heteroatoms. The van der Waals surface area contributed by atoms with E-state index in [0.717, 1.165) is 11.8 Å². The van der Waals surface area contributed by atoms with Crippen LogP contribution in [-0.2, 0) is 6.18 Å². The molecule has 0 radical (unpaired) electrons. The van der Waals surface area contributed by atoms with Gasteiger partial charge in [0.15, 0.2) is 5.78 Å². The second kappa shape index (κ2) is 7.86. The Morgan fingerprint density at radius 1 is 0.963 bits per heavy atom. The number of rotatable bonds is 4. The molecule has 0 aliphatic carbocycles. The largest absolute Gasteiger partial charge is 0.416 e. The highest BCUT2D eigenvalue weighted by Gasteiger charge is 2.31. The number of carbonyl (C=O) groups is 1. The van der Waals surface area contributed by atoms with Crippen molar-refractivity contribution in [1.29, 1.82) is 0 Å². The Balaban J connectivity index is 1.63. The maximum Gasteiger partial charge on any atom is 0.416 e. The minimum absolute atomic E-state index is 0.0478. The Hall–Kier alpha value is -2.76. The van der Waals surface area contributed by atoms with Crippen LogP contribution >= 0.6 is 0 Å². The maximum absolute atomic E-state index is 12.9. The van der Waals surface area contributed by atoms with Gasteiger partial charge in [-0.3, -0.25) is 4.79 Å². The normalized spacial score (nSPS) is 15.8. The van der Waals surface area contributed by atoms with E-state index in [1.54, 1.807) is 24.3 Å². The fraction of sp³-hybridized carbons (Fsp3) is 0.286. The summed E-state index contributed by atoms with van der Waals surface area (Å²) in [5.74, 6) is -0.0478. The summed E-state index contributed by atoms with van der Waals surface area (Å²) in [6, 6.07) is 14.5. The third kappa shape index (κ3) is 4.70. The zero-order valence-corrected chi connectivity index (χ0v) is 15.0. The van der Waals surface area contributed by atoms with Gasteiger partial charge >= 0.3 is 6.18 Å². The molecule has 0 atom stereocenters. The number of piperazine rings is 1. The first-order chi connectivity index (χ1) is 12.8. The van der Waals surface area contributed by atoms with Crippen LogP contribution in [0.2, 0.25) is 0 Å². The van der Waals surface area contributed by atoms with E-state index >= 15 is 0 Å². The molecule has 0 saturated carbocycles. The lowest BCUT2D eigenvalue weighted by molar-refractivity contribution is -0.137. The van der Waals surface area contributed by atoms with E-state index in [4.69, 9.17) is 0 Å². The molecule has 3 rings (SSSR count).